The van der Waals surface area contributed by atoms with Gasteiger partial charge in [-0.3, -0.25) is 38.5 Å². The molecule has 0 unspecified atom stereocenters. The first-order chi connectivity index (χ1) is 30.2. The fourth-order valence-corrected chi connectivity index (χ4v) is 7.64. The molecule has 1 aromatic heterocycles. The first-order valence-corrected chi connectivity index (χ1v) is 21.5. The minimum absolute atomic E-state index is 0.0115. The van der Waals surface area contributed by atoms with Gasteiger partial charge in [-0.1, -0.05) is 72.3 Å². The number of aromatic nitrogens is 1. The van der Waals surface area contributed by atoms with Gasteiger partial charge in [0.25, 0.3) is 0 Å². The lowest BCUT2D eigenvalue weighted by atomic mass is 9.99. The van der Waals surface area contributed by atoms with Crippen molar-refractivity contribution in [2.75, 3.05) is 13.1 Å². The summed E-state index contributed by atoms with van der Waals surface area (Å²) in [6.07, 6.45) is 3.65. The van der Waals surface area contributed by atoms with Crippen molar-refractivity contribution in [1.29, 1.82) is 0 Å². The number of nitrogens with one attached hydrogen (secondary N) is 5. The van der Waals surface area contributed by atoms with E-state index < -0.39 is 77.6 Å². The lowest BCUT2D eigenvalue weighted by Gasteiger charge is -2.30. The monoisotopic (exact) mass is 881 g/mol. The molecule has 0 bridgehead atoms. The zero-order valence-corrected chi connectivity index (χ0v) is 36.2. The maximum Gasteiger partial charge on any atom is 0.245 e. The number of rotatable bonds is 21. The zero-order chi connectivity index (χ0) is 45.5. The third-order valence-electron chi connectivity index (χ3n) is 10.9. The van der Waals surface area contributed by atoms with Gasteiger partial charge in [0.15, 0.2) is 0 Å². The number of primary amides is 1. The molecule has 5 rings (SSSR count). The van der Waals surface area contributed by atoms with Gasteiger partial charge in [-0.25, -0.2) is 0 Å². The summed E-state index contributed by atoms with van der Waals surface area (Å²) in [5.74, 6) is -4.26. The second-order valence-electron chi connectivity index (χ2n) is 15.8. The van der Waals surface area contributed by atoms with E-state index in [4.69, 9.17) is 23.1 Å². The molecule has 17 heteroatoms. The first-order valence-electron chi connectivity index (χ1n) is 21.1. The Morgan fingerprint density at radius 3 is 1.97 bits per heavy atom. The molecule has 6 atom stereocenters. The van der Waals surface area contributed by atoms with E-state index >= 15 is 0 Å². The molecule has 9 N–H and O–H groups in total. The first kappa shape index (κ1) is 47.7. The van der Waals surface area contributed by atoms with Crippen LogP contribution in [-0.4, -0.2) is 101 Å². The molecule has 0 aliphatic carbocycles. The van der Waals surface area contributed by atoms with Crippen LogP contribution >= 0.6 is 11.6 Å². The van der Waals surface area contributed by atoms with Crippen molar-refractivity contribution in [1.82, 2.24) is 36.5 Å². The summed E-state index contributed by atoms with van der Waals surface area (Å²) in [6, 6.07) is 18.8. The van der Waals surface area contributed by atoms with Crippen molar-refractivity contribution < 1.29 is 33.6 Å². The van der Waals surface area contributed by atoms with Gasteiger partial charge in [0.1, 0.15) is 36.3 Å². The lowest BCUT2D eigenvalue weighted by Crippen LogP contribution is -2.60. The SMILES string of the molecule is CC(=O)N[C@@H](Cc1ccc2ccccc2c1)C(=O)N[C@H](Cc1ccc(Cl)cc1)C(=O)N[C@H](Cc1ccccn1)C(=O)N[C@H](CCCCN)C(=O)N1CCC[C@@H]1C(=O)N[C@@H](C)C(N)=O. The summed E-state index contributed by atoms with van der Waals surface area (Å²) in [6.45, 7) is 3.34. The van der Waals surface area contributed by atoms with Crippen molar-refractivity contribution in [3.05, 3.63) is 113 Å². The average Bonchev–Trinajstić information content (AvgIpc) is 3.76. The quantitative estimate of drug-likeness (QED) is 0.0604. The van der Waals surface area contributed by atoms with Gasteiger partial charge in [0.2, 0.25) is 41.4 Å². The van der Waals surface area contributed by atoms with Gasteiger partial charge in [-0.15, -0.1) is 0 Å². The standard InChI is InChI=1S/C46H56ClN9O7/c1-28(41(49)58)51-45(62)40-14-9-23-56(40)46(63)36(13-5-7-21-48)53-44(61)39(27-35-12-6-8-22-50-35)55-43(60)38(25-30-16-19-34(47)20-17-30)54-42(59)37(52-29(2)57)26-31-15-18-32-10-3-4-11-33(32)24-31/h3-4,6,8,10-12,15-20,22,24,28,36-40H,5,7,9,13-14,21,23,25-27,48H2,1-2H3,(H2,49,58)(H,51,62)(H,52,57)(H,53,61)(H,54,59)(H,55,60)/t28-,36+,37-,38+,39+,40+/m0/s1. The Kier molecular flexibility index (Phi) is 17.5. The van der Waals surface area contributed by atoms with E-state index in [1.807, 2.05) is 42.5 Å². The molecule has 3 aromatic carbocycles. The minimum Gasteiger partial charge on any atom is -0.368 e. The Morgan fingerprint density at radius 2 is 1.33 bits per heavy atom. The fraction of sp³-hybridized carbons (Fsp3) is 0.391. The Hall–Kier alpha value is -6.39. The van der Waals surface area contributed by atoms with Gasteiger partial charge in [-0.2, -0.15) is 0 Å². The Bertz CT molecular complexity index is 2240. The van der Waals surface area contributed by atoms with E-state index in [0.717, 1.165) is 16.3 Å². The van der Waals surface area contributed by atoms with E-state index in [-0.39, 0.29) is 32.2 Å². The summed E-state index contributed by atoms with van der Waals surface area (Å²) in [4.78, 5) is 100. The maximum atomic E-state index is 14.5. The second-order valence-corrected chi connectivity index (χ2v) is 16.2. The number of benzene rings is 3. The van der Waals surface area contributed by atoms with Crippen LogP contribution < -0.4 is 38.1 Å². The molecular formula is C46H56ClN9O7. The van der Waals surface area contributed by atoms with Crippen molar-refractivity contribution in [2.45, 2.75) is 101 Å². The predicted molar refractivity (Wildman–Crippen MR) is 239 cm³/mol. The number of pyridine rings is 1. The Balaban J connectivity index is 1.41. The Labute approximate surface area is 371 Å². The molecule has 1 saturated heterocycles. The number of carbonyl (C=O) groups is 7. The molecule has 334 valence electrons. The topological polar surface area (TPSA) is 248 Å². The smallest absolute Gasteiger partial charge is 0.245 e. The molecule has 0 radical (unpaired) electrons. The number of halogens is 1. The van der Waals surface area contributed by atoms with Crippen LogP contribution in [0, 0.1) is 0 Å². The van der Waals surface area contributed by atoms with Crippen molar-refractivity contribution in [3.63, 3.8) is 0 Å². The van der Waals surface area contributed by atoms with Crippen LogP contribution in [0.3, 0.4) is 0 Å². The number of hydrogen-bond donors (Lipinski definition) is 7. The van der Waals surface area contributed by atoms with E-state index in [2.05, 4.69) is 31.6 Å². The van der Waals surface area contributed by atoms with Gasteiger partial charge < -0.3 is 43.0 Å². The summed E-state index contributed by atoms with van der Waals surface area (Å²) in [5, 5.41) is 16.2. The molecule has 1 aliphatic rings. The molecule has 7 amide bonds. The molecule has 63 heavy (non-hydrogen) atoms. The summed E-state index contributed by atoms with van der Waals surface area (Å²) in [5.41, 5.74) is 13.0. The number of fused-ring (bicyclic) bond motifs is 1. The van der Waals surface area contributed by atoms with Crippen molar-refractivity contribution >= 4 is 63.7 Å². The van der Waals surface area contributed by atoms with Gasteiger partial charge >= 0.3 is 0 Å². The molecule has 2 heterocycles. The number of hydrogen-bond acceptors (Lipinski definition) is 9. The van der Waals surface area contributed by atoms with Gasteiger partial charge in [0, 0.05) is 49.6 Å². The number of likely N-dealkylation sites (tertiary alicyclic amines) is 1. The summed E-state index contributed by atoms with van der Waals surface area (Å²) >= 11 is 6.17. The number of carbonyl (C=O) groups excluding carboxylic acids is 7. The molecule has 0 saturated carbocycles. The molecule has 1 aliphatic heterocycles. The van der Waals surface area contributed by atoms with Crippen LogP contribution in [-0.2, 0) is 52.8 Å². The zero-order valence-electron chi connectivity index (χ0n) is 35.5. The lowest BCUT2D eigenvalue weighted by molar-refractivity contribution is -0.142. The number of nitrogens with zero attached hydrogens (tertiary/aromatic N) is 2. The van der Waals surface area contributed by atoms with Gasteiger partial charge in [-0.05, 0) is 91.7 Å². The highest BCUT2D eigenvalue weighted by Gasteiger charge is 2.39. The maximum absolute atomic E-state index is 14.5. The summed E-state index contributed by atoms with van der Waals surface area (Å²) < 4.78 is 0. The molecular weight excluding hydrogens is 826 g/mol. The fourth-order valence-electron chi connectivity index (χ4n) is 7.51. The third kappa shape index (κ3) is 14.1. The molecule has 1 fully saturated rings. The van der Waals surface area contributed by atoms with Crippen LogP contribution in [0.5, 0.6) is 0 Å². The van der Waals surface area contributed by atoms with Gasteiger partial charge in [0.05, 0.1) is 0 Å². The average molecular weight is 882 g/mol. The van der Waals surface area contributed by atoms with Crippen molar-refractivity contribution in [2.24, 2.45) is 11.5 Å². The number of nitrogens with two attached hydrogens (primary N) is 2. The predicted octanol–water partition coefficient (Wildman–Crippen LogP) is 1.99. The molecule has 16 nitrogen and oxygen atoms in total. The van der Waals surface area contributed by atoms with Crippen LogP contribution in [0.15, 0.2) is 91.1 Å². The number of unbranched alkanes of at least 4 members (excludes halogenated alkanes) is 1. The van der Waals surface area contributed by atoms with Crippen LogP contribution in [0.4, 0.5) is 0 Å². The molecule has 4 aromatic rings. The van der Waals surface area contributed by atoms with Crippen LogP contribution in [0.2, 0.25) is 5.02 Å². The highest BCUT2D eigenvalue weighted by molar-refractivity contribution is 6.30. The van der Waals surface area contributed by atoms with E-state index in [1.165, 1.54) is 18.7 Å². The van der Waals surface area contributed by atoms with Crippen LogP contribution in [0.25, 0.3) is 10.8 Å². The highest BCUT2D eigenvalue weighted by atomic mass is 35.5. The summed E-state index contributed by atoms with van der Waals surface area (Å²) in [7, 11) is 0. The highest BCUT2D eigenvalue weighted by Crippen LogP contribution is 2.21. The Morgan fingerprint density at radius 1 is 0.730 bits per heavy atom. The van der Waals surface area contributed by atoms with Crippen LogP contribution in [0.1, 0.15) is 62.8 Å². The third-order valence-corrected chi connectivity index (χ3v) is 11.1. The molecule has 0 spiro atoms. The van der Waals surface area contributed by atoms with E-state index in [1.54, 1.807) is 48.7 Å². The van der Waals surface area contributed by atoms with Crippen molar-refractivity contribution in [3.8, 4) is 0 Å². The number of amides is 7. The second kappa shape index (κ2) is 23.2. The normalized spacial score (nSPS) is 15.9. The minimum atomic E-state index is -1.29. The van der Waals surface area contributed by atoms with E-state index in [0.29, 0.717) is 48.5 Å². The largest absolute Gasteiger partial charge is 0.368 e. The van der Waals surface area contributed by atoms with E-state index in [9.17, 15) is 33.6 Å².